The highest BCUT2D eigenvalue weighted by atomic mass is 16.5. The van der Waals surface area contributed by atoms with Gasteiger partial charge in [-0.3, -0.25) is 4.79 Å². The van der Waals surface area contributed by atoms with Crippen molar-refractivity contribution < 1.29 is 19.1 Å². The van der Waals surface area contributed by atoms with Gasteiger partial charge in [0, 0.05) is 0 Å². The molecule has 0 aliphatic carbocycles. The van der Waals surface area contributed by atoms with Gasteiger partial charge in [0.1, 0.15) is 5.75 Å². The average molecular weight is 435 g/mol. The Hall–Kier alpha value is -3.06. The molecule has 0 spiro atoms. The second-order valence-electron chi connectivity index (χ2n) is 7.94. The van der Waals surface area contributed by atoms with E-state index in [0.717, 1.165) is 37.2 Å². The lowest BCUT2D eigenvalue weighted by molar-refractivity contribution is -0.122. The minimum absolute atomic E-state index is 0.417. The van der Waals surface area contributed by atoms with Crippen LogP contribution in [0.1, 0.15) is 73.9 Å². The van der Waals surface area contributed by atoms with Gasteiger partial charge in [0.15, 0.2) is 6.10 Å². The van der Waals surface area contributed by atoms with Crippen LogP contribution in [0.2, 0.25) is 0 Å². The van der Waals surface area contributed by atoms with Crippen LogP contribution < -0.4 is 4.74 Å². The van der Waals surface area contributed by atoms with Crippen LogP contribution in [0.5, 0.6) is 5.75 Å². The number of benzene rings is 2. The van der Waals surface area contributed by atoms with Gasteiger partial charge in [-0.1, -0.05) is 63.8 Å². The standard InChI is InChI=1S/C28H34O4/c1-4-7-8-9-21-31-25-19-15-23(16-20-25)12-11-22-13-17-24(18-14-22)28(30)32-27(10-5-2)26(29)6-3/h3,13-20,27H,4-5,7-12,21H2,1-2H3. The molecule has 4 nitrogen and oxygen atoms in total. The molecule has 0 radical (unpaired) electrons. The average Bonchev–Trinajstić information content (AvgIpc) is 2.82. The van der Waals surface area contributed by atoms with Gasteiger partial charge in [0.05, 0.1) is 12.2 Å². The summed E-state index contributed by atoms with van der Waals surface area (Å²) in [7, 11) is 0. The first kappa shape index (κ1) is 25.2. The summed E-state index contributed by atoms with van der Waals surface area (Å²) in [5.41, 5.74) is 2.78. The summed E-state index contributed by atoms with van der Waals surface area (Å²) in [5, 5.41) is 0. The van der Waals surface area contributed by atoms with Crippen LogP contribution in [0, 0.1) is 12.3 Å². The maximum absolute atomic E-state index is 12.3. The van der Waals surface area contributed by atoms with E-state index in [1.54, 1.807) is 12.1 Å². The first-order valence-corrected chi connectivity index (χ1v) is 11.6. The fraction of sp³-hybridized carbons (Fsp3) is 0.429. The van der Waals surface area contributed by atoms with Crippen molar-refractivity contribution in [3.8, 4) is 18.1 Å². The van der Waals surface area contributed by atoms with E-state index in [0.29, 0.717) is 18.4 Å². The molecule has 0 N–H and O–H groups in total. The molecule has 0 aliphatic heterocycles. The highest BCUT2D eigenvalue weighted by molar-refractivity contribution is 6.00. The number of aryl methyl sites for hydroxylation is 2. The molecule has 0 fully saturated rings. The number of Topliss-reactive ketones (excluding diaryl/α,β-unsaturated/α-hetero) is 1. The molecule has 0 saturated carbocycles. The van der Waals surface area contributed by atoms with Crippen LogP contribution in [0.3, 0.4) is 0 Å². The summed E-state index contributed by atoms with van der Waals surface area (Å²) in [4.78, 5) is 24.1. The largest absolute Gasteiger partial charge is 0.494 e. The third-order valence-corrected chi connectivity index (χ3v) is 5.32. The number of ketones is 1. The molecule has 0 heterocycles. The molecule has 0 saturated heterocycles. The van der Waals surface area contributed by atoms with Crippen LogP contribution in [0.4, 0.5) is 0 Å². The monoisotopic (exact) mass is 434 g/mol. The summed E-state index contributed by atoms with van der Waals surface area (Å²) >= 11 is 0. The van der Waals surface area contributed by atoms with Crippen molar-refractivity contribution in [2.45, 2.75) is 71.3 Å². The molecule has 32 heavy (non-hydrogen) atoms. The van der Waals surface area contributed by atoms with Crippen molar-refractivity contribution >= 4 is 11.8 Å². The fourth-order valence-electron chi connectivity index (χ4n) is 3.36. The van der Waals surface area contributed by atoms with Crippen molar-refractivity contribution in [2.24, 2.45) is 0 Å². The van der Waals surface area contributed by atoms with Gasteiger partial charge in [-0.25, -0.2) is 4.79 Å². The van der Waals surface area contributed by atoms with Gasteiger partial charge in [-0.15, -0.1) is 6.42 Å². The Bertz CT molecular complexity index is 875. The Labute approximate surface area is 192 Å². The quantitative estimate of drug-likeness (QED) is 0.159. The third-order valence-electron chi connectivity index (χ3n) is 5.32. The Kier molecular flexibility index (Phi) is 11.1. The molecular weight excluding hydrogens is 400 g/mol. The van der Waals surface area contributed by atoms with E-state index in [9.17, 15) is 9.59 Å². The van der Waals surface area contributed by atoms with E-state index < -0.39 is 17.9 Å². The molecule has 2 rings (SSSR count). The molecule has 2 aromatic rings. The second kappa shape index (κ2) is 14.1. The van der Waals surface area contributed by atoms with Crippen molar-refractivity contribution in [2.75, 3.05) is 6.61 Å². The van der Waals surface area contributed by atoms with Gasteiger partial charge in [0.25, 0.3) is 0 Å². The Balaban J connectivity index is 1.81. The maximum atomic E-state index is 12.3. The van der Waals surface area contributed by atoms with Gasteiger partial charge in [0.2, 0.25) is 5.78 Å². The van der Waals surface area contributed by atoms with Gasteiger partial charge >= 0.3 is 5.97 Å². The van der Waals surface area contributed by atoms with Crippen LogP contribution in [-0.4, -0.2) is 24.5 Å². The smallest absolute Gasteiger partial charge is 0.338 e. The van der Waals surface area contributed by atoms with Gasteiger partial charge < -0.3 is 9.47 Å². The molecule has 1 atom stereocenters. The van der Waals surface area contributed by atoms with Gasteiger partial charge in [-0.2, -0.15) is 0 Å². The number of unbranched alkanes of at least 4 members (excludes halogenated alkanes) is 3. The van der Waals surface area contributed by atoms with Crippen LogP contribution >= 0.6 is 0 Å². The molecule has 0 amide bonds. The zero-order valence-corrected chi connectivity index (χ0v) is 19.3. The molecule has 0 aromatic heterocycles. The van der Waals surface area contributed by atoms with Crippen LogP contribution in [-0.2, 0) is 22.4 Å². The Morgan fingerprint density at radius 3 is 2.06 bits per heavy atom. The maximum Gasteiger partial charge on any atom is 0.338 e. The lowest BCUT2D eigenvalue weighted by Gasteiger charge is -2.13. The number of esters is 1. The van der Waals surface area contributed by atoms with Gasteiger partial charge in [-0.05, 0) is 67.0 Å². The summed E-state index contributed by atoms with van der Waals surface area (Å²) in [6.45, 7) is 4.88. The molecule has 2 aromatic carbocycles. The minimum atomic E-state index is -0.875. The van der Waals surface area contributed by atoms with E-state index >= 15 is 0 Å². The number of carbonyl (C=O) groups excluding carboxylic acids is 2. The molecule has 0 aliphatic rings. The summed E-state index contributed by atoms with van der Waals surface area (Å²) in [6, 6.07) is 15.6. The third kappa shape index (κ3) is 8.59. The van der Waals surface area contributed by atoms with E-state index in [1.165, 1.54) is 24.8 Å². The zero-order chi connectivity index (χ0) is 23.2. The molecule has 1 unspecified atom stereocenters. The SMILES string of the molecule is C#CC(=O)C(CCC)OC(=O)c1ccc(CCc2ccc(OCCCCCC)cc2)cc1. The summed E-state index contributed by atoms with van der Waals surface area (Å²) < 4.78 is 11.1. The fourth-order valence-corrected chi connectivity index (χ4v) is 3.36. The normalized spacial score (nSPS) is 11.4. The summed E-state index contributed by atoms with van der Waals surface area (Å²) in [5.74, 6) is 1.94. The zero-order valence-electron chi connectivity index (χ0n) is 19.3. The number of rotatable bonds is 14. The van der Waals surface area contributed by atoms with E-state index in [1.807, 2.05) is 37.1 Å². The first-order chi connectivity index (χ1) is 15.6. The molecule has 4 heteroatoms. The number of hydrogen-bond donors (Lipinski definition) is 0. The van der Waals surface area contributed by atoms with Crippen LogP contribution in [0.15, 0.2) is 48.5 Å². The number of hydrogen-bond acceptors (Lipinski definition) is 4. The molecule has 0 bridgehead atoms. The predicted octanol–water partition coefficient (Wildman–Crippen LogP) is 5.96. The Morgan fingerprint density at radius 1 is 0.875 bits per heavy atom. The topological polar surface area (TPSA) is 52.6 Å². The van der Waals surface area contributed by atoms with E-state index in [4.69, 9.17) is 15.9 Å². The van der Waals surface area contributed by atoms with Crippen LogP contribution in [0.25, 0.3) is 0 Å². The van der Waals surface area contributed by atoms with Crippen molar-refractivity contribution in [3.05, 3.63) is 65.2 Å². The highest BCUT2D eigenvalue weighted by Gasteiger charge is 2.21. The lowest BCUT2D eigenvalue weighted by Crippen LogP contribution is -2.26. The minimum Gasteiger partial charge on any atom is -0.494 e. The van der Waals surface area contributed by atoms with E-state index in [-0.39, 0.29) is 0 Å². The Morgan fingerprint density at radius 2 is 1.50 bits per heavy atom. The van der Waals surface area contributed by atoms with Crippen molar-refractivity contribution in [1.82, 2.24) is 0 Å². The predicted molar refractivity (Wildman–Crippen MR) is 128 cm³/mol. The van der Waals surface area contributed by atoms with Crippen molar-refractivity contribution in [3.63, 3.8) is 0 Å². The molecule has 170 valence electrons. The lowest BCUT2D eigenvalue weighted by atomic mass is 10.0. The first-order valence-electron chi connectivity index (χ1n) is 11.6. The molecular formula is C28H34O4. The number of carbonyl (C=O) groups is 2. The van der Waals surface area contributed by atoms with Crippen molar-refractivity contribution in [1.29, 1.82) is 0 Å². The second-order valence-corrected chi connectivity index (χ2v) is 7.94. The summed E-state index contributed by atoms with van der Waals surface area (Å²) in [6.07, 6.45) is 12.0. The van der Waals surface area contributed by atoms with E-state index in [2.05, 4.69) is 19.1 Å². The highest BCUT2D eigenvalue weighted by Crippen LogP contribution is 2.16. The number of terminal acetylenes is 1. The number of ether oxygens (including phenoxy) is 2.